The minimum absolute atomic E-state index is 0. The maximum Gasteiger partial charge on any atom is 0.204 e. The molecule has 0 aliphatic heterocycles. The van der Waals surface area contributed by atoms with Crippen molar-refractivity contribution in [1.29, 1.82) is 0 Å². The molecule has 0 atom stereocenters. The summed E-state index contributed by atoms with van der Waals surface area (Å²) >= 11 is 0. The summed E-state index contributed by atoms with van der Waals surface area (Å²) in [6.07, 6.45) is 0. The largest absolute Gasteiger partial charge is 0.356 e. The van der Waals surface area contributed by atoms with Crippen molar-refractivity contribution in [2.24, 2.45) is 10.7 Å². The molecule has 0 bridgehead atoms. The van der Waals surface area contributed by atoms with Crippen LogP contribution in [0.1, 0.15) is 0 Å². The van der Waals surface area contributed by atoms with E-state index in [0.717, 1.165) is 10.7 Å². The van der Waals surface area contributed by atoms with E-state index in [1.165, 1.54) is 0 Å². The molecule has 0 aromatic carbocycles. The Morgan fingerprint density at radius 1 is 0.923 bits per heavy atom. The Morgan fingerprint density at radius 3 is 0.923 bits per heavy atom. The van der Waals surface area contributed by atoms with Crippen molar-refractivity contribution >= 4 is 0 Å². The first kappa shape index (κ1) is 41.6. The van der Waals surface area contributed by atoms with Gasteiger partial charge in [0.25, 0.3) is 0 Å². The van der Waals surface area contributed by atoms with Gasteiger partial charge in [-0.1, -0.05) is 0 Å². The summed E-state index contributed by atoms with van der Waals surface area (Å²) in [5.74, 6) is 0. The van der Waals surface area contributed by atoms with E-state index in [9.17, 15) is 0 Å². The van der Waals surface area contributed by atoms with E-state index in [0.29, 0.717) is 0 Å². The van der Waals surface area contributed by atoms with Crippen molar-refractivity contribution in [2.45, 2.75) is 0 Å². The monoisotopic (exact) mass is 294 g/mol. The van der Waals surface area contributed by atoms with Crippen molar-refractivity contribution in [3.8, 4) is 0 Å². The van der Waals surface area contributed by atoms with Crippen LogP contribution < -0.4 is 12.3 Å². The van der Waals surface area contributed by atoms with Crippen molar-refractivity contribution in [1.82, 2.24) is 12.3 Å². The maximum atomic E-state index is 8.25. The average Bonchev–Trinajstić information content (AvgIpc) is 1.65. The zero-order chi connectivity index (χ0) is 8.99. The van der Waals surface area contributed by atoms with Gasteiger partial charge < -0.3 is 27.6 Å². The fourth-order valence-corrected chi connectivity index (χ4v) is 0. The Morgan fingerprint density at radius 2 is 0.923 bits per heavy atom. The van der Waals surface area contributed by atoms with E-state index >= 15 is 0 Å². The molecule has 0 spiro atoms. The van der Waals surface area contributed by atoms with Gasteiger partial charge in [-0.3, -0.25) is 0 Å². The van der Waals surface area contributed by atoms with Crippen LogP contribution in [0.25, 0.3) is 0 Å². The van der Waals surface area contributed by atoms with Gasteiger partial charge in [-0.15, -0.1) is 20.2 Å². The molecular formula is H6N5O7Pd-. The summed E-state index contributed by atoms with van der Waals surface area (Å²) in [6, 6.07) is 0. The summed E-state index contributed by atoms with van der Waals surface area (Å²) in [7, 11) is 0. The zero-order valence-electron chi connectivity index (χ0n) is 5.93. The van der Waals surface area contributed by atoms with Gasteiger partial charge in [-0.2, -0.15) is 0 Å². The summed E-state index contributed by atoms with van der Waals surface area (Å²) in [6.45, 7) is 0. The third kappa shape index (κ3) is 388. The fraction of sp³-hybridized carbons (Fsp3) is 0. The molecule has 0 aliphatic carbocycles. The van der Waals surface area contributed by atoms with Gasteiger partial charge in [0, 0.05) is 20.4 Å². The van der Waals surface area contributed by atoms with Gasteiger partial charge in [-0.25, -0.2) is 0 Å². The van der Waals surface area contributed by atoms with E-state index in [1.54, 1.807) is 0 Å². The molecular weight excluding hydrogens is 288 g/mol. The molecule has 0 aromatic heterocycles. The molecule has 2 radical (unpaired) electrons. The number of rotatable bonds is 0. The Hall–Kier alpha value is -1.42. The number of hydrogen-bond acceptors (Lipinski definition) is 9. The molecule has 0 saturated carbocycles. The van der Waals surface area contributed by atoms with Crippen LogP contribution in [0.4, 0.5) is 0 Å². The van der Waals surface area contributed by atoms with E-state index in [1.807, 2.05) is 0 Å². The molecule has 84 valence electrons. The summed E-state index contributed by atoms with van der Waals surface area (Å²) < 4.78 is 0. The van der Waals surface area contributed by atoms with E-state index in [-0.39, 0.29) is 32.7 Å². The molecule has 0 saturated heterocycles. The number of nitrogens with zero attached hydrogens (tertiary/aromatic N) is 3. The first-order valence-corrected chi connectivity index (χ1v) is 1.28. The zero-order valence-corrected chi connectivity index (χ0v) is 7.48. The van der Waals surface area contributed by atoms with Crippen molar-refractivity contribution in [3.63, 3.8) is 0 Å². The molecule has 0 unspecified atom stereocenters. The summed E-state index contributed by atoms with van der Waals surface area (Å²) in [5.41, 5.74) is 0. The molecule has 12 nitrogen and oxygen atoms in total. The minimum Gasteiger partial charge on any atom is -0.356 e. The molecule has 0 aromatic rings. The number of hydrogen-bond donors (Lipinski definition) is 2. The van der Waals surface area contributed by atoms with Gasteiger partial charge in [0.15, 0.2) is 0 Å². The standard InChI is InChI=1S/NO3.2NO2.2H3N.Pd/c2-1(3)4;2*2-1-3;;;/h;;;2*1H3;/q-1;;;;;. The van der Waals surface area contributed by atoms with Crippen molar-refractivity contribution in [2.75, 3.05) is 0 Å². The minimum atomic E-state index is -1.75. The summed E-state index contributed by atoms with van der Waals surface area (Å²) in [5, 5.41) is 32.8. The third-order valence-corrected chi connectivity index (χ3v) is 0. The summed E-state index contributed by atoms with van der Waals surface area (Å²) in [4.78, 5) is 24.2. The molecule has 13 heavy (non-hydrogen) atoms. The molecule has 0 fully saturated rings. The predicted octanol–water partition coefficient (Wildman–Crippen LogP) is 0.279. The normalized spacial score (nSPS) is 3.69. The van der Waals surface area contributed by atoms with Crippen LogP contribution in [0.15, 0.2) is 10.7 Å². The first-order chi connectivity index (χ1) is 4.56. The first-order valence-electron chi connectivity index (χ1n) is 1.28. The van der Waals surface area contributed by atoms with Crippen LogP contribution in [0.5, 0.6) is 0 Å². The SMILES string of the molecule is N.N.O=[N+]([O-])[O-].[O]N=O.[O]N=O.[Pd]. The second-order valence-corrected chi connectivity index (χ2v) is 0.373. The Bertz CT molecular complexity index is 84.9. The van der Waals surface area contributed by atoms with E-state index < -0.39 is 5.09 Å². The van der Waals surface area contributed by atoms with Crippen LogP contribution in [-0.2, 0) is 30.8 Å². The van der Waals surface area contributed by atoms with E-state index in [4.69, 9.17) is 35.6 Å². The average molecular weight is 294 g/mol. The molecule has 0 rings (SSSR count). The third-order valence-electron chi connectivity index (χ3n) is 0. The Kier molecular flexibility index (Phi) is 242. The van der Waals surface area contributed by atoms with Crippen LogP contribution in [0, 0.1) is 25.1 Å². The van der Waals surface area contributed by atoms with Crippen LogP contribution in [0.2, 0.25) is 0 Å². The molecule has 0 amide bonds. The van der Waals surface area contributed by atoms with Crippen LogP contribution in [0.3, 0.4) is 0 Å². The van der Waals surface area contributed by atoms with Gasteiger partial charge in [0.1, 0.15) is 0 Å². The van der Waals surface area contributed by atoms with E-state index in [2.05, 4.69) is 0 Å². The Labute approximate surface area is 84.7 Å². The van der Waals surface area contributed by atoms with Gasteiger partial charge in [0.2, 0.25) is 10.7 Å². The topological polar surface area (TPSA) is 235 Å². The molecule has 13 heteroatoms. The smallest absolute Gasteiger partial charge is 0.204 e. The second-order valence-electron chi connectivity index (χ2n) is 0.373. The quantitative estimate of drug-likeness (QED) is 0.273. The van der Waals surface area contributed by atoms with Crippen molar-refractivity contribution < 1.29 is 35.9 Å². The van der Waals surface area contributed by atoms with Crippen LogP contribution in [-0.4, -0.2) is 5.09 Å². The second kappa shape index (κ2) is 75.7. The van der Waals surface area contributed by atoms with Gasteiger partial charge in [-0.05, 0) is 0 Å². The van der Waals surface area contributed by atoms with Gasteiger partial charge in [0.05, 0.1) is 5.09 Å². The molecule has 6 N–H and O–H groups in total. The predicted molar refractivity (Wildman–Crippen MR) is 33.4 cm³/mol. The fourth-order valence-electron chi connectivity index (χ4n) is 0. The molecule has 0 aliphatic rings. The Balaban J connectivity index is -0.0000000128. The van der Waals surface area contributed by atoms with Gasteiger partial charge >= 0.3 is 0 Å². The van der Waals surface area contributed by atoms with Crippen molar-refractivity contribution in [3.05, 3.63) is 25.1 Å². The molecule has 0 heterocycles. The maximum absolute atomic E-state index is 8.25. The van der Waals surface area contributed by atoms with Crippen LogP contribution >= 0.6 is 0 Å².